The van der Waals surface area contributed by atoms with E-state index in [0.717, 1.165) is 5.56 Å². The molecule has 2 rings (SSSR count). The van der Waals surface area contributed by atoms with Gasteiger partial charge >= 0.3 is 0 Å². The largest absolute Gasteiger partial charge is 0.483 e. The van der Waals surface area contributed by atoms with Gasteiger partial charge in [-0.25, -0.2) is 0 Å². The lowest BCUT2D eigenvalue weighted by Crippen LogP contribution is -2.43. The van der Waals surface area contributed by atoms with Crippen LogP contribution >= 0.6 is 0 Å². The Labute approximate surface area is 164 Å². The predicted octanol–water partition coefficient (Wildman–Crippen LogP) is 2.82. The number of benzene rings is 2. The molecule has 0 spiro atoms. The van der Waals surface area contributed by atoms with Crippen LogP contribution in [-0.2, 0) is 9.59 Å². The zero-order valence-corrected chi connectivity index (χ0v) is 16.2. The highest BCUT2D eigenvalue weighted by Gasteiger charge is 2.10. The molecule has 0 saturated carbocycles. The first-order valence-electron chi connectivity index (χ1n) is 9.02. The zero-order valence-electron chi connectivity index (χ0n) is 16.2. The van der Waals surface area contributed by atoms with Gasteiger partial charge in [-0.3, -0.25) is 25.2 Å². The Balaban J connectivity index is 1.78. The summed E-state index contributed by atoms with van der Waals surface area (Å²) in [4.78, 5) is 35.7. The van der Waals surface area contributed by atoms with Crippen molar-refractivity contribution in [2.24, 2.45) is 5.92 Å². The van der Waals surface area contributed by atoms with E-state index in [0.29, 0.717) is 23.4 Å². The Morgan fingerprint density at radius 1 is 0.929 bits per heavy atom. The summed E-state index contributed by atoms with van der Waals surface area (Å²) in [5.74, 6) is -0.144. The molecule has 0 heterocycles. The molecule has 28 heavy (non-hydrogen) atoms. The average molecular weight is 383 g/mol. The first kappa shape index (κ1) is 21.0. The summed E-state index contributed by atoms with van der Waals surface area (Å²) in [5.41, 5.74) is 6.51. The number of ether oxygens (including phenoxy) is 1. The molecule has 2 aromatic rings. The van der Waals surface area contributed by atoms with E-state index in [1.165, 1.54) is 0 Å². The van der Waals surface area contributed by atoms with E-state index in [4.69, 9.17) is 4.74 Å². The van der Waals surface area contributed by atoms with Crippen LogP contribution in [0.4, 0.5) is 5.69 Å². The summed E-state index contributed by atoms with van der Waals surface area (Å²) in [6.45, 7) is 5.59. The number of amides is 3. The van der Waals surface area contributed by atoms with Crippen LogP contribution in [0.3, 0.4) is 0 Å². The fourth-order valence-corrected chi connectivity index (χ4v) is 2.38. The molecule has 148 valence electrons. The third-order valence-corrected chi connectivity index (χ3v) is 3.79. The molecule has 0 atom stereocenters. The normalized spacial score (nSPS) is 10.3. The van der Waals surface area contributed by atoms with Crippen molar-refractivity contribution in [1.82, 2.24) is 10.9 Å². The van der Waals surface area contributed by atoms with Gasteiger partial charge in [0.15, 0.2) is 6.61 Å². The van der Waals surface area contributed by atoms with Crippen molar-refractivity contribution in [3.8, 4) is 5.75 Å². The van der Waals surface area contributed by atoms with Crippen molar-refractivity contribution in [3.63, 3.8) is 0 Å². The van der Waals surface area contributed by atoms with Gasteiger partial charge in [-0.15, -0.1) is 0 Å². The van der Waals surface area contributed by atoms with Gasteiger partial charge in [0.05, 0.1) is 0 Å². The highest BCUT2D eigenvalue weighted by Crippen LogP contribution is 2.15. The number of para-hydroxylation sites is 1. The molecule has 0 aliphatic rings. The first-order valence-corrected chi connectivity index (χ1v) is 9.02. The summed E-state index contributed by atoms with van der Waals surface area (Å²) in [5, 5.41) is 2.77. The van der Waals surface area contributed by atoms with Gasteiger partial charge < -0.3 is 10.1 Å². The van der Waals surface area contributed by atoms with E-state index >= 15 is 0 Å². The summed E-state index contributed by atoms with van der Waals surface area (Å²) in [6.07, 6.45) is 0.429. The summed E-state index contributed by atoms with van der Waals surface area (Å²) in [7, 11) is 0. The highest BCUT2D eigenvalue weighted by atomic mass is 16.5. The Morgan fingerprint density at radius 3 is 2.25 bits per heavy atom. The molecular weight excluding hydrogens is 358 g/mol. The van der Waals surface area contributed by atoms with Crippen molar-refractivity contribution in [2.75, 3.05) is 11.9 Å². The Kier molecular flexibility index (Phi) is 7.56. The van der Waals surface area contributed by atoms with E-state index in [-0.39, 0.29) is 18.4 Å². The Bertz CT molecular complexity index is 832. The van der Waals surface area contributed by atoms with Gasteiger partial charge in [-0.1, -0.05) is 32.0 Å². The molecule has 0 aliphatic heterocycles. The van der Waals surface area contributed by atoms with Gasteiger partial charge in [0.2, 0.25) is 5.91 Å². The van der Waals surface area contributed by atoms with Gasteiger partial charge in [-0.2, -0.15) is 0 Å². The fraction of sp³-hybridized carbons (Fsp3) is 0.286. The number of aryl methyl sites for hydroxylation is 1. The lowest BCUT2D eigenvalue weighted by Gasteiger charge is -2.11. The van der Waals surface area contributed by atoms with Crippen molar-refractivity contribution in [1.29, 1.82) is 0 Å². The van der Waals surface area contributed by atoms with Gasteiger partial charge in [0.1, 0.15) is 5.75 Å². The molecule has 7 nitrogen and oxygen atoms in total. The molecule has 0 bridgehead atoms. The molecule has 3 N–H and O–H groups in total. The highest BCUT2D eigenvalue weighted by molar-refractivity contribution is 5.96. The predicted molar refractivity (Wildman–Crippen MR) is 107 cm³/mol. The maximum Gasteiger partial charge on any atom is 0.276 e. The molecule has 3 amide bonds. The van der Waals surface area contributed by atoms with Gasteiger partial charge in [0.25, 0.3) is 11.8 Å². The van der Waals surface area contributed by atoms with E-state index in [2.05, 4.69) is 16.2 Å². The third-order valence-electron chi connectivity index (χ3n) is 3.79. The average Bonchev–Trinajstić information content (AvgIpc) is 2.65. The molecular formula is C21H25N3O4. The lowest BCUT2D eigenvalue weighted by molar-refractivity contribution is -0.123. The minimum absolute atomic E-state index is 0.0758. The van der Waals surface area contributed by atoms with Crippen LogP contribution in [0.2, 0.25) is 0 Å². The zero-order chi connectivity index (χ0) is 20.5. The SMILES string of the molecule is Cc1ccccc1OCC(=O)NNC(=O)c1ccc(NC(=O)CC(C)C)cc1. The van der Waals surface area contributed by atoms with E-state index in [9.17, 15) is 14.4 Å². The quantitative estimate of drug-likeness (QED) is 0.641. The molecule has 0 radical (unpaired) electrons. The summed E-state index contributed by atoms with van der Waals surface area (Å²) < 4.78 is 5.41. The molecule has 2 aromatic carbocycles. The van der Waals surface area contributed by atoms with E-state index < -0.39 is 11.8 Å². The van der Waals surface area contributed by atoms with Crippen LogP contribution in [0, 0.1) is 12.8 Å². The molecule has 0 saturated heterocycles. The number of rotatable bonds is 7. The molecule has 0 aliphatic carbocycles. The number of nitrogens with one attached hydrogen (secondary N) is 3. The molecule has 0 fully saturated rings. The van der Waals surface area contributed by atoms with Gasteiger partial charge in [0, 0.05) is 17.7 Å². The first-order chi connectivity index (χ1) is 13.3. The summed E-state index contributed by atoms with van der Waals surface area (Å²) in [6, 6.07) is 13.7. The summed E-state index contributed by atoms with van der Waals surface area (Å²) >= 11 is 0. The van der Waals surface area contributed by atoms with Crippen molar-refractivity contribution < 1.29 is 19.1 Å². The van der Waals surface area contributed by atoms with Crippen LogP contribution in [0.1, 0.15) is 36.2 Å². The maximum atomic E-state index is 12.1. The molecule has 7 heteroatoms. The smallest absolute Gasteiger partial charge is 0.276 e. The number of hydrogen-bond donors (Lipinski definition) is 3. The van der Waals surface area contributed by atoms with Crippen molar-refractivity contribution in [2.45, 2.75) is 27.2 Å². The van der Waals surface area contributed by atoms with Crippen LogP contribution < -0.4 is 20.9 Å². The monoisotopic (exact) mass is 383 g/mol. The number of carbonyl (C=O) groups excluding carboxylic acids is 3. The number of carbonyl (C=O) groups is 3. The number of hydrogen-bond acceptors (Lipinski definition) is 4. The van der Waals surface area contributed by atoms with Crippen LogP contribution in [-0.4, -0.2) is 24.3 Å². The lowest BCUT2D eigenvalue weighted by atomic mass is 10.1. The number of anilines is 1. The number of hydrazine groups is 1. The standard InChI is InChI=1S/C21H25N3O4/c1-14(2)12-19(25)22-17-10-8-16(9-11-17)21(27)24-23-20(26)13-28-18-7-5-4-6-15(18)3/h4-11,14H,12-13H2,1-3H3,(H,22,25)(H,23,26)(H,24,27). The second-order valence-electron chi connectivity index (χ2n) is 6.78. The fourth-order valence-electron chi connectivity index (χ4n) is 2.38. The Morgan fingerprint density at radius 2 is 1.61 bits per heavy atom. The van der Waals surface area contributed by atoms with Crippen LogP contribution in [0.25, 0.3) is 0 Å². The minimum Gasteiger partial charge on any atom is -0.483 e. The maximum absolute atomic E-state index is 12.1. The van der Waals surface area contributed by atoms with Gasteiger partial charge in [-0.05, 0) is 48.7 Å². The molecule has 0 aromatic heterocycles. The topological polar surface area (TPSA) is 96.5 Å². The van der Waals surface area contributed by atoms with E-state index in [1.807, 2.05) is 39.0 Å². The minimum atomic E-state index is -0.478. The van der Waals surface area contributed by atoms with Crippen LogP contribution in [0.5, 0.6) is 5.75 Å². The third kappa shape index (κ3) is 6.75. The Hall–Kier alpha value is -3.35. The second-order valence-corrected chi connectivity index (χ2v) is 6.78. The molecule has 0 unspecified atom stereocenters. The van der Waals surface area contributed by atoms with E-state index in [1.54, 1.807) is 30.3 Å². The van der Waals surface area contributed by atoms with Crippen LogP contribution in [0.15, 0.2) is 48.5 Å². The van der Waals surface area contributed by atoms with Crippen molar-refractivity contribution >= 4 is 23.4 Å². The second kappa shape index (κ2) is 10.1. The van der Waals surface area contributed by atoms with Crippen molar-refractivity contribution in [3.05, 3.63) is 59.7 Å².